The summed E-state index contributed by atoms with van der Waals surface area (Å²) in [5.74, 6) is 0.427. The molecule has 0 radical (unpaired) electrons. The van der Waals surface area contributed by atoms with Crippen LogP contribution in [0.25, 0.3) is 0 Å². The number of likely N-dealkylation sites (tertiary alicyclic amines) is 1. The van der Waals surface area contributed by atoms with Gasteiger partial charge in [0.15, 0.2) is 0 Å². The van der Waals surface area contributed by atoms with Crippen LogP contribution < -0.4 is 10.2 Å². The first-order chi connectivity index (χ1) is 14.1. The quantitative estimate of drug-likeness (QED) is 0.610. The number of unbranched alkanes of at least 4 members (excludes halogenated alkanes) is 1. The number of hydrogen-bond acceptors (Lipinski definition) is 4. The molecule has 2 aromatic rings. The molecule has 6 nitrogen and oxygen atoms in total. The molecule has 1 saturated heterocycles. The smallest absolute Gasteiger partial charge is 0.256 e. The number of nitrogens with one attached hydrogen (secondary N) is 1. The zero-order chi connectivity index (χ0) is 20.6. The molecule has 1 aromatic heterocycles. The van der Waals surface area contributed by atoms with Crippen molar-refractivity contribution in [1.82, 2.24) is 4.90 Å². The Kier molecular flexibility index (Phi) is 7.58. The van der Waals surface area contributed by atoms with Crippen molar-refractivity contribution in [2.45, 2.75) is 39.2 Å². The Balaban J connectivity index is 1.96. The molecule has 1 fully saturated rings. The average molecular weight is 418 g/mol. The van der Waals surface area contributed by atoms with E-state index < -0.39 is 0 Å². The Morgan fingerprint density at radius 1 is 1.24 bits per heavy atom. The highest BCUT2D eigenvalue weighted by atomic mass is 35.5. The summed E-state index contributed by atoms with van der Waals surface area (Å²) < 4.78 is 5.55. The summed E-state index contributed by atoms with van der Waals surface area (Å²) in [4.78, 5) is 29.1. The molecule has 1 aliphatic rings. The third-order valence-corrected chi connectivity index (χ3v) is 5.32. The molecule has 1 aromatic carbocycles. The highest BCUT2D eigenvalue weighted by molar-refractivity contribution is 6.29. The number of carbonyl (C=O) groups is 2. The monoisotopic (exact) mass is 417 g/mol. The van der Waals surface area contributed by atoms with E-state index in [0.717, 1.165) is 56.8 Å². The number of amides is 2. The molecule has 1 aliphatic heterocycles. The van der Waals surface area contributed by atoms with Crippen LogP contribution in [0.5, 0.6) is 0 Å². The molecule has 156 valence electrons. The van der Waals surface area contributed by atoms with Crippen molar-refractivity contribution in [3.8, 4) is 0 Å². The van der Waals surface area contributed by atoms with E-state index in [1.807, 2.05) is 29.2 Å². The van der Waals surface area contributed by atoms with Crippen LogP contribution in [0, 0.1) is 0 Å². The first kappa shape index (κ1) is 21.2. The molecule has 29 heavy (non-hydrogen) atoms. The molecule has 0 saturated carbocycles. The van der Waals surface area contributed by atoms with Gasteiger partial charge in [0, 0.05) is 25.3 Å². The van der Waals surface area contributed by atoms with E-state index in [2.05, 4.69) is 17.1 Å². The van der Waals surface area contributed by atoms with Crippen LogP contribution in [0.4, 0.5) is 11.4 Å². The second kappa shape index (κ2) is 10.3. The van der Waals surface area contributed by atoms with Crippen LogP contribution in [0.15, 0.2) is 41.0 Å². The van der Waals surface area contributed by atoms with Crippen LogP contribution in [0.1, 0.15) is 48.7 Å². The lowest BCUT2D eigenvalue weighted by molar-refractivity contribution is -0.113. The number of rotatable bonds is 9. The van der Waals surface area contributed by atoms with Gasteiger partial charge in [-0.25, -0.2) is 0 Å². The SMILES string of the molecule is CCCCN(Cc1ccco1)c1ccc(NC(=O)CCl)cc1C(=O)N1CCCC1. The van der Waals surface area contributed by atoms with Gasteiger partial charge in [-0.2, -0.15) is 0 Å². The fraction of sp³-hybridized carbons (Fsp3) is 0.455. The highest BCUT2D eigenvalue weighted by Gasteiger charge is 2.25. The maximum absolute atomic E-state index is 13.3. The minimum atomic E-state index is -0.294. The normalized spacial score (nSPS) is 13.5. The van der Waals surface area contributed by atoms with Gasteiger partial charge in [0.1, 0.15) is 11.6 Å². The number of benzene rings is 1. The molecule has 7 heteroatoms. The summed E-state index contributed by atoms with van der Waals surface area (Å²) in [6.45, 7) is 5.07. The average Bonchev–Trinajstić information content (AvgIpc) is 3.44. The van der Waals surface area contributed by atoms with Gasteiger partial charge in [0.25, 0.3) is 5.91 Å². The van der Waals surface area contributed by atoms with E-state index in [4.69, 9.17) is 16.0 Å². The molecule has 0 bridgehead atoms. The zero-order valence-electron chi connectivity index (χ0n) is 16.8. The lowest BCUT2D eigenvalue weighted by Crippen LogP contribution is -2.31. The van der Waals surface area contributed by atoms with Crippen molar-refractivity contribution in [2.75, 3.05) is 35.7 Å². The maximum Gasteiger partial charge on any atom is 0.256 e. The predicted octanol–water partition coefficient (Wildman–Crippen LogP) is 4.50. The number of hydrogen-bond donors (Lipinski definition) is 1. The van der Waals surface area contributed by atoms with Gasteiger partial charge in [-0.3, -0.25) is 9.59 Å². The molecule has 3 rings (SSSR count). The van der Waals surface area contributed by atoms with Crippen LogP contribution in [-0.4, -0.2) is 42.2 Å². The van der Waals surface area contributed by atoms with Crippen molar-refractivity contribution >= 4 is 34.8 Å². The summed E-state index contributed by atoms with van der Waals surface area (Å²) in [5.41, 5.74) is 2.04. The predicted molar refractivity (Wildman–Crippen MR) is 116 cm³/mol. The third-order valence-electron chi connectivity index (χ3n) is 5.07. The Bertz CT molecular complexity index is 817. The van der Waals surface area contributed by atoms with Gasteiger partial charge in [0.2, 0.25) is 5.91 Å². The van der Waals surface area contributed by atoms with E-state index in [9.17, 15) is 9.59 Å². The van der Waals surface area contributed by atoms with Gasteiger partial charge >= 0.3 is 0 Å². The Labute approximate surface area is 176 Å². The molecular weight excluding hydrogens is 390 g/mol. The Morgan fingerprint density at radius 3 is 2.69 bits per heavy atom. The van der Waals surface area contributed by atoms with E-state index in [-0.39, 0.29) is 17.7 Å². The molecule has 1 N–H and O–H groups in total. The number of alkyl halides is 1. The standard InChI is InChI=1S/C22H28ClN3O3/c1-2-3-10-26(16-18-7-6-13-29-18)20-9-8-17(24-21(27)15-23)14-19(20)22(28)25-11-4-5-12-25/h6-9,13-14H,2-5,10-12,15-16H2,1H3,(H,24,27). The van der Waals surface area contributed by atoms with Gasteiger partial charge in [-0.15, -0.1) is 11.6 Å². The van der Waals surface area contributed by atoms with Crippen molar-refractivity contribution in [2.24, 2.45) is 0 Å². The van der Waals surface area contributed by atoms with E-state index >= 15 is 0 Å². The van der Waals surface area contributed by atoms with Crippen molar-refractivity contribution in [3.63, 3.8) is 0 Å². The summed E-state index contributed by atoms with van der Waals surface area (Å²) in [7, 11) is 0. The van der Waals surface area contributed by atoms with Crippen molar-refractivity contribution in [3.05, 3.63) is 47.9 Å². The summed E-state index contributed by atoms with van der Waals surface area (Å²) >= 11 is 5.62. The maximum atomic E-state index is 13.3. The van der Waals surface area contributed by atoms with Crippen LogP contribution in [0.3, 0.4) is 0 Å². The first-order valence-corrected chi connectivity index (χ1v) is 10.7. The molecule has 0 unspecified atom stereocenters. The summed E-state index contributed by atoms with van der Waals surface area (Å²) in [6.07, 6.45) is 5.76. The number of anilines is 2. The molecule has 2 amide bonds. The molecule has 0 atom stereocenters. The number of halogens is 1. The lowest BCUT2D eigenvalue weighted by Gasteiger charge is -2.28. The van der Waals surface area contributed by atoms with E-state index in [1.165, 1.54) is 0 Å². The highest BCUT2D eigenvalue weighted by Crippen LogP contribution is 2.29. The van der Waals surface area contributed by atoms with Gasteiger partial charge < -0.3 is 19.5 Å². The first-order valence-electron chi connectivity index (χ1n) is 10.2. The van der Waals surface area contributed by atoms with Gasteiger partial charge in [0.05, 0.1) is 24.1 Å². The van der Waals surface area contributed by atoms with Gasteiger partial charge in [-0.1, -0.05) is 13.3 Å². The largest absolute Gasteiger partial charge is 0.467 e. The molecule has 0 spiro atoms. The summed E-state index contributed by atoms with van der Waals surface area (Å²) in [5, 5.41) is 2.75. The van der Waals surface area contributed by atoms with Crippen molar-refractivity contribution < 1.29 is 14.0 Å². The lowest BCUT2D eigenvalue weighted by atomic mass is 10.1. The molecular formula is C22H28ClN3O3. The van der Waals surface area contributed by atoms with E-state index in [0.29, 0.717) is 17.8 Å². The van der Waals surface area contributed by atoms with Crippen LogP contribution >= 0.6 is 11.6 Å². The Morgan fingerprint density at radius 2 is 2.03 bits per heavy atom. The topological polar surface area (TPSA) is 65.8 Å². The van der Waals surface area contributed by atoms with Crippen LogP contribution in [-0.2, 0) is 11.3 Å². The third kappa shape index (κ3) is 5.54. The molecule has 0 aliphatic carbocycles. The number of nitrogens with zero attached hydrogens (tertiary/aromatic N) is 2. The summed E-state index contributed by atoms with van der Waals surface area (Å²) in [6, 6.07) is 9.30. The zero-order valence-corrected chi connectivity index (χ0v) is 17.6. The molecule has 2 heterocycles. The number of furan rings is 1. The fourth-order valence-electron chi connectivity index (χ4n) is 3.57. The minimum Gasteiger partial charge on any atom is -0.467 e. The number of carbonyl (C=O) groups excluding carboxylic acids is 2. The second-order valence-electron chi connectivity index (χ2n) is 7.27. The fourth-order valence-corrected chi connectivity index (χ4v) is 3.64. The second-order valence-corrected chi connectivity index (χ2v) is 7.53. The Hall–Kier alpha value is -2.47. The minimum absolute atomic E-state index is 0.000385. The van der Waals surface area contributed by atoms with E-state index in [1.54, 1.807) is 12.3 Å². The van der Waals surface area contributed by atoms with Crippen molar-refractivity contribution in [1.29, 1.82) is 0 Å². The van der Waals surface area contributed by atoms with Gasteiger partial charge in [-0.05, 0) is 49.6 Å². The van der Waals surface area contributed by atoms with Crippen LogP contribution in [0.2, 0.25) is 0 Å².